The lowest BCUT2D eigenvalue weighted by molar-refractivity contribution is -0.118. The highest BCUT2D eigenvalue weighted by Gasteiger charge is 2.22. The van der Waals surface area contributed by atoms with Crippen molar-refractivity contribution in [3.63, 3.8) is 0 Å². The van der Waals surface area contributed by atoms with Crippen molar-refractivity contribution in [3.05, 3.63) is 48.5 Å². The van der Waals surface area contributed by atoms with E-state index < -0.39 is 13.5 Å². The minimum Gasteiger partial charge on any atom is -0.497 e. The number of para-hydroxylation sites is 1. The summed E-state index contributed by atoms with van der Waals surface area (Å²) in [5.74, 6) is 0.107. The maximum atomic E-state index is 11.9. The van der Waals surface area contributed by atoms with Crippen molar-refractivity contribution < 1.29 is 28.6 Å². The summed E-state index contributed by atoms with van der Waals surface area (Å²) in [5, 5.41) is 2.35. The Bertz CT molecular complexity index is 742. The molecule has 3 N–H and O–H groups in total. The van der Waals surface area contributed by atoms with E-state index >= 15 is 0 Å². The van der Waals surface area contributed by atoms with Crippen molar-refractivity contribution >= 4 is 24.5 Å². The zero-order valence-electron chi connectivity index (χ0n) is 12.3. The molecule has 0 saturated heterocycles. The number of rotatable bonds is 6. The maximum Gasteiger partial charge on any atom is 0.359 e. The van der Waals surface area contributed by atoms with Crippen LogP contribution in [0, 0.1) is 0 Å². The molecule has 2 aromatic rings. The fourth-order valence-electron chi connectivity index (χ4n) is 1.86. The summed E-state index contributed by atoms with van der Waals surface area (Å²) in [7, 11) is -2.95. The first kappa shape index (κ1) is 17.0. The molecule has 8 heteroatoms. The van der Waals surface area contributed by atoms with Gasteiger partial charge in [-0.1, -0.05) is 18.2 Å². The van der Waals surface area contributed by atoms with Crippen LogP contribution >= 0.6 is 7.60 Å². The summed E-state index contributed by atoms with van der Waals surface area (Å²) in [6, 6.07) is 12.5. The monoisotopic (exact) mass is 337 g/mol. The van der Waals surface area contributed by atoms with Gasteiger partial charge in [0.1, 0.15) is 16.8 Å². The Morgan fingerprint density at radius 1 is 1.17 bits per heavy atom. The molecular weight excluding hydrogens is 321 g/mol. The molecule has 0 fully saturated rings. The smallest absolute Gasteiger partial charge is 0.359 e. The molecule has 0 unspecified atom stereocenters. The summed E-state index contributed by atoms with van der Waals surface area (Å²) >= 11 is 0. The summed E-state index contributed by atoms with van der Waals surface area (Å²) < 4.78 is 21.6. The number of benzene rings is 2. The van der Waals surface area contributed by atoms with E-state index in [9.17, 15) is 19.1 Å². The Morgan fingerprint density at radius 3 is 2.61 bits per heavy atom. The van der Waals surface area contributed by atoms with Gasteiger partial charge in [-0.25, -0.2) is 0 Å². The van der Waals surface area contributed by atoms with Gasteiger partial charge in [0.15, 0.2) is 6.61 Å². The van der Waals surface area contributed by atoms with Gasteiger partial charge in [0, 0.05) is 11.8 Å². The molecule has 7 nitrogen and oxygen atoms in total. The van der Waals surface area contributed by atoms with Crippen LogP contribution in [0.1, 0.15) is 0 Å². The maximum absolute atomic E-state index is 11.9. The third-order valence-electron chi connectivity index (χ3n) is 2.89. The first-order valence-corrected chi connectivity index (χ1v) is 8.23. The standard InChI is InChI=1S/C15H16NO6P/c1-21-12-6-4-5-11(9-12)16-15(17)10-22-13-7-2-3-8-14(13)23(18,19)20/h2-9H,10H2,1H3,(H,16,17)(H2,18,19,20). The minimum atomic E-state index is -4.47. The molecule has 1 amide bonds. The molecule has 0 bridgehead atoms. The van der Waals surface area contributed by atoms with E-state index in [4.69, 9.17) is 9.47 Å². The molecule has 0 aliphatic carbocycles. The lowest BCUT2D eigenvalue weighted by Gasteiger charge is -2.12. The Morgan fingerprint density at radius 2 is 1.91 bits per heavy atom. The van der Waals surface area contributed by atoms with Gasteiger partial charge in [-0.3, -0.25) is 9.36 Å². The molecule has 2 aromatic carbocycles. The first-order valence-electron chi connectivity index (χ1n) is 6.62. The van der Waals surface area contributed by atoms with E-state index in [2.05, 4.69) is 5.32 Å². The number of carbonyl (C=O) groups excluding carboxylic acids is 1. The topological polar surface area (TPSA) is 105 Å². The van der Waals surface area contributed by atoms with Crippen LogP contribution in [0.25, 0.3) is 0 Å². The van der Waals surface area contributed by atoms with Gasteiger partial charge in [0.05, 0.1) is 7.11 Å². The molecule has 0 aliphatic heterocycles. The molecule has 0 heterocycles. The second kappa shape index (κ2) is 7.28. The van der Waals surface area contributed by atoms with Crippen LogP contribution in [0.2, 0.25) is 0 Å². The number of nitrogens with one attached hydrogen (secondary N) is 1. The fraction of sp³-hybridized carbons (Fsp3) is 0.133. The predicted molar refractivity (Wildman–Crippen MR) is 85.2 cm³/mol. The molecule has 0 radical (unpaired) electrons. The second-order valence-corrected chi connectivity index (χ2v) is 6.15. The molecule has 0 spiro atoms. The third-order valence-corrected chi connectivity index (χ3v) is 3.89. The van der Waals surface area contributed by atoms with E-state index in [0.717, 1.165) is 0 Å². The van der Waals surface area contributed by atoms with Crippen LogP contribution in [0.4, 0.5) is 5.69 Å². The molecular formula is C15H16NO6P. The van der Waals surface area contributed by atoms with Crippen LogP contribution in [-0.4, -0.2) is 29.4 Å². The Labute approximate surface area is 133 Å². The van der Waals surface area contributed by atoms with E-state index in [1.165, 1.54) is 25.3 Å². The second-order valence-electron chi connectivity index (χ2n) is 4.58. The van der Waals surface area contributed by atoms with Crippen LogP contribution in [0.15, 0.2) is 48.5 Å². The van der Waals surface area contributed by atoms with Gasteiger partial charge in [-0.2, -0.15) is 0 Å². The molecule has 122 valence electrons. The summed E-state index contributed by atoms with van der Waals surface area (Å²) in [5.41, 5.74) is 0.529. The lowest BCUT2D eigenvalue weighted by Crippen LogP contribution is -2.22. The van der Waals surface area contributed by atoms with Gasteiger partial charge in [-0.05, 0) is 24.3 Å². The first-order chi connectivity index (χ1) is 10.9. The summed E-state index contributed by atoms with van der Waals surface area (Å²) in [4.78, 5) is 30.4. The predicted octanol–water partition coefficient (Wildman–Crippen LogP) is 1.52. The van der Waals surface area contributed by atoms with Gasteiger partial charge in [0.25, 0.3) is 5.91 Å². The van der Waals surface area contributed by atoms with Crippen LogP contribution in [-0.2, 0) is 9.36 Å². The quantitative estimate of drug-likeness (QED) is 0.690. The number of methoxy groups -OCH3 is 1. The highest BCUT2D eigenvalue weighted by Crippen LogP contribution is 2.37. The highest BCUT2D eigenvalue weighted by molar-refractivity contribution is 7.60. The van der Waals surface area contributed by atoms with Gasteiger partial charge in [-0.15, -0.1) is 0 Å². The number of hydrogen-bond acceptors (Lipinski definition) is 4. The number of carbonyl (C=O) groups is 1. The van der Waals surface area contributed by atoms with E-state index in [0.29, 0.717) is 11.4 Å². The molecule has 0 aromatic heterocycles. The lowest BCUT2D eigenvalue weighted by atomic mass is 10.3. The SMILES string of the molecule is COc1cccc(NC(=O)COc2ccccc2P(=O)(O)O)c1. The zero-order valence-corrected chi connectivity index (χ0v) is 13.2. The molecule has 23 heavy (non-hydrogen) atoms. The van der Waals surface area contributed by atoms with E-state index in [1.54, 1.807) is 30.3 Å². The molecule has 0 atom stereocenters. The Balaban J connectivity index is 2.01. The normalized spacial score (nSPS) is 10.9. The highest BCUT2D eigenvalue weighted by atomic mass is 31.2. The van der Waals surface area contributed by atoms with Gasteiger partial charge in [0.2, 0.25) is 0 Å². The number of anilines is 1. The van der Waals surface area contributed by atoms with Crippen molar-refractivity contribution in [2.75, 3.05) is 19.0 Å². The van der Waals surface area contributed by atoms with E-state index in [1.807, 2.05) is 0 Å². The third kappa shape index (κ3) is 4.82. The number of hydrogen-bond donors (Lipinski definition) is 3. The summed E-state index contributed by atoms with van der Waals surface area (Å²) in [6.07, 6.45) is 0. The molecule has 0 saturated carbocycles. The number of ether oxygens (including phenoxy) is 2. The van der Waals surface area contributed by atoms with Crippen LogP contribution < -0.4 is 20.1 Å². The van der Waals surface area contributed by atoms with Crippen molar-refractivity contribution in [1.82, 2.24) is 0 Å². The van der Waals surface area contributed by atoms with Gasteiger partial charge >= 0.3 is 7.60 Å². The van der Waals surface area contributed by atoms with E-state index in [-0.39, 0.29) is 17.7 Å². The average Bonchev–Trinajstić information content (AvgIpc) is 2.52. The fourth-order valence-corrected chi connectivity index (χ4v) is 2.57. The largest absolute Gasteiger partial charge is 0.497 e. The zero-order chi connectivity index (χ0) is 16.9. The van der Waals surface area contributed by atoms with Crippen LogP contribution in [0.5, 0.6) is 11.5 Å². The van der Waals surface area contributed by atoms with Crippen molar-refractivity contribution in [2.45, 2.75) is 0 Å². The van der Waals surface area contributed by atoms with Gasteiger partial charge < -0.3 is 24.6 Å². The average molecular weight is 337 g/mol. The molecule has 2 rings (SSSR count). The Hall–Kier alpha value is -2.34. The van der Waals surface area contributed by atoms with Crippen molar-refractivity contribution in [1.29, 1.82) is 0 Å². The minimum absolute atomic E-state index is 0.0263. The number of amides is 1. The van der Waals surface area contributed by atoms with Crippen molar-refractivity contribution in [2.24, 2.45) is 0 Å². The van der Waals surface area contributed by atoms with Crippen LogP contribution in [0.3, 0.4) is 0 Å². The summed E-state index contributed by atoms with van der Waals surface area (Å²) in [6.45, 7) is -0.381. The molecule has 0 aliphatic rings. The Kier molecular flexibility index (Phi) is 5.39. The van der Waals surface area contributed by atoms with Crippen molar-refractivity contribution in [3.8, 4) is 11.5 Å².